The summed E-state index contributed by atoms with van der Waals surface area (Å²) in [5.41, 5.74) is 5.25. The number of nitrogens with one attached hydrogen (secondary N) is 1. The maximum atomic E-state index is 12.6. The van der Waals surface area contributed by atoms with E-state index in [1.54, 1.807) is 0 Å². The van der Waals surface area contributed by atoms with Crippen molar-refractivity contribution in [2.45, 2.75) is 58.4 Å². The molecule has 3 N–H and O–H groups in total. The van der Waals surface area contributed by atoms with E-state index in [4.69, 9.17) is 5.73 Å². The number of nitrogens with two attached hydrogens (primary N) is 1. The summed E-state index contributed by atoms with van der Waals surface area (Å²) in [6.07, 6.45) is 3.79. The molecule has 1 rings (SSSR count). The van der Waals surface area contributed by atoms with Gasteiger partial charge in [-0.25, -0.2) is 0 Å². The average Bonchev–Trinajstić information content (AvgIpc) is 2.47. The number of hydrogen-bond acceptors (Lipinski definition) is 4. The number of hydrogen-bond donors (Lipinski definition) is 2. The van der Waals surface area contributed by atoms with Gasteiger partial charge in [0.1, 0.15) is 6.04 Å². The van der Waals surface area contributed by atoms with Gasteiger partial charge in [-0.1, -0.05) is 26.7 Å². The van der Waals surface area contributed by atoms with Crippen LogP contribution in [0.15, 0.2) is 0 Å². The first-order chi connectivity index (χ1) is 9.91. The third kappa shape index (κ3) is 3.81. The standard InChI is InChI=1S/C15H27N3O3/c1-4-8-15(10-16,9-5-2)14(21)17-11-6-7-12(19)18(3)13(11)20/h11H,4-10,16H2,1-3H3,(H,17,21). The molecule has 1 aliphatic heterocycles. The molecule has 120 valence electrons. The summed E-state index contributed by atoms with van der Waals surface area (Å²) in [7, 11) is 1.46. The highest BCUT2D eigenvalue weighted by molar-refractivity contribution is 6.01. The number of imide groups is 1. The number of amides is 3. The van der Waals surface area contributed by atoms with Gasteiger partial charge in [0, 0.05) is 20.0 Å². The van der Waals surface area contributed by atoms with E-state index in [0.29, 0.717) is 19.3 Å². The van der Waals surface area contributed by atoms with Crippen molar-refractivity contribution in [3.63, 3.8) is 0 Å². The Balaban J connectivity index is 2.81. The molecule has 0 aromatic heterocycles. The second-order valence-electron chi connectivity index (χ2n) is 5.84. The van der Waals surface area contributed by atoms with Crippen LogP contribution in [0.2, 0.25) is 0 Å². The maximum absolute atomic E-state index is 12.6. The normalized spacial score (nSPS) is 19.8. The highest BCUT2D eigenvalue weighted by Crippen LogP contribution is 2.29. The summed E-state index contributed by atoms with van der Waals surface area (Å²) in [6.45, 7) is 4.31. The molecule has 0 saturated carbocycles. The summed E-state index contributed by atoms with van der Waals surface area (Å²) in [5, 5.41) is 2.82. The highest BCUT2D eigenvalue weighted by atomic mass is 16.2. The fourth-order valence-electron chi connectivity index (χ4n) is 2.97. The number of likely N-dealkylation sites (tertiary alicyclic amines) is 1. The van der Waals surface area contributed by atoms with Crippen LogP contribution >= 0.6 is 0 Å². The topological polar surface area (TPSA) is 92.5 Å². The van der Waals surface area contributed by atoms with E-state index < -0.39 is 11.5 Å². The van der Waals surface area contributed by atoms with Crippen LogP contribution < -0.4 is 11.1 Å². The number of rotatable bonds is 7. The molecule has 0 aromatic rings. The van der Waals surface area contributed by atoms with Crippen molar-refractivity contribution in [1.29, 1.82) is 0 Å². The van der Waals surface area contributed by atoms with E-state index >= 15 is 0 Å². The minimum absolute atomic E-state index is 0.158. The second-order valence-corrected chi connectivity index (χ2v) is 5.84. The third-order valence-electron chi connectivity index (χ3n) is 4.28. The zero-order valence-electron chi connectivity index (χ0n) is 13.3. The van der Waals surface area contributed by atoms with E-state index in [1.165, 1.54) is 7.05 Å². The number of nitrogens with zero attached hydrogens (tertiary/aromatic N) is 1. The molecular weight excluding hydrogens is 270 g/mol. The molecule has 0 aromatic carbocycles. The molecule has 6 heteroatoms. The molecule has 1 unspecified atom stereocenters. The Morgan fingerprint density at radius 3 is 2.38 bits per heavy atom. The molecule has 3 amide bonds. The minimum Gasteiger partial charge on any atom is -0.344 e. The zero-order valence-corrected chi connectivity index (χ0v) is 13.3. The van der Waals surface area contributed by atoms with Crippen molar-refractivity contribution in [2.75, 3.05) is 13.6 Å². The van der Waals surface area contributed by atoms with Crippen LogP contribution in [0.3, 0.4) is 0 Å². The number of carbonyl (C=O) groups excluding carboxylic acids is 3. The van der Waals surface area contributed by atoms with Gasteiger partial charge in [-0.15, -0.1) is 0 Å². The Morgan fingerprint density at radius 1 is 1.33 bits per heavy atom. The summed E-state index contributed by atoms with van der Waals surface area (Å²) < 4.78 is 0. The van der Waals surface area contributed by atoms with Crippen molar-refractivity contribution in [2.24, 2.45) is 11.1 Å². The number of piperidine rings is 1. The smallest absolute Gasteiger partial charge is 0.251 e. The van der Waals surface area contributed by atoms with Gasteiger partial charge >= 0.3 is 0 Å². The molecular formula is C15H27N3O3. The SMILES string of the molecule is CCCC(CN)(CCC)C(=O)NC1CCC(=O)N(C)C1=O. The Morgan fingerprint density at radius 2 is 1.90 bits per heavy atom. The van der Waals surface area contributed by atoms with Crippen LogP contribution in [0, 0.1) is 5.41 Å². The van der Waals surface area contributed by atoms with Gasteiger partial charge in [0.15, 0.2) is 0 Å². The summed E-state index contributed by atoms with van der Waals surface area (Å²) in [6, 6.07) is -0.611. The van der Waals surface area contributed by atoms with Gasteiger partial charge in [-0.05, 0) is 19.3 Å². The van der Waals surface area contributed by atoms with Gasteiger partial charge in [0.25, 0.3) is 5.91 Å². The molecule has 21 heavy (non-hydrogen) atoms. The molecule has 6 nitrogen and oxygen atoms in total. The van der Waals surface area contributed by atoms with Gasteiger partial charge in [0.05, 0.1) is 5.41 Å². The summed E-state index contributed by atoms with van der Waals surface area (Å²) >= 11 is 0. The molecule has 1 heterocycles. The van der Waals surface area contributed by atoms with Gasteiger partial charge < -0.3 is 11.1 Å². The fraction of sp³-hybridized carbons (Fsp3) is 0.800. The second kappa shape index (κ2) is 7.54. The van der Waals surface area contributed by atoms with E-state index in [1.807, 2.05) is 13.8 Å². The third-order valence-corrected chi connectivity index (χ3v) is 4.28. The monoisotopic (exact) mass is 297 g/mol. The van der Waals surface area contributed by atoms with Crippen molar-refractivity contribution in [3.05, 3.63) is 0 Å². The van der Waals surface area contributed by atoms with E-state index in [0.717, 1.165) is 17.7 Å². The zero-order chi connectivity index (χ0) is 16.0. The van der Waals surface area contributed by atoms with Crippen LogP contribution in [-0.2, 0) is 14.4 Å². The van der Waals surface area contributed by atoms with Crippen LogP contribution in [0.25, 0.3) is 0 Å². The fourth-order valence-corrected chi connectivity index (χ4v) is 2.97. The van der Waals surface area contributed by atoms with E-state index in [2.05, 4.69) is 5.32 Å². The van der Waals surface area contributed by atoms with Crippen LogP contribution in [-0.4, -0.2) is 42.3 Å². The summed E-state index contributed by atoms with van der Waals surface area (Å²) in [4.78, 5) is 37.3. The Bertz CT molecular complexity index is 403. The first-order valence-electron chi connectivity index (χ1n) is 7.73. The molecule has 1 fully saturated rings. The van der Waals surface area contributed by atoms with Crippen LogP contribution in [0.4, 0.5) is 0 Å². The lowest BCUT2D eigenvalue weighted by molar-refractivity contribution is -0.150. The molecule has 1 saturated heterocycles. The molecule has 0 bridgehead atoms. The highest BCUT2D eigenvalue weighted by Gasteiger charge is 2.39. The van der Waals surface area contributed by atoms with Crippen molar-refractivity contribution < 1.29 is 14.4 Å². The summed E-state index contributed by atoms with van der Waals surface area (Å²) in [5.74, 6) is -0.689. The Labute approximate surface area is 126 Å². The van der Waals surface area contributed by atoms with Crippen LogP contribution in [0.1, 0.15) is 52.4 Å². The molecule has 1 atom stereocenters. The van der Waals surface area contributed by atoms with Gasteiger partial charge in [-0.3, -0.25) is 19.3 Å². The van der Waals surface area contributed by atoms with Crippen LogP contribution in [0.5, 0.6) is 0 Å². The van der Waals surface area contributed by atoms with Crippen molar-refractivity contribution in [3.8, 4) is 0 Å². The van der Waals surface area contributed by atoms with Crippen molar-refractivity contribution >= 4 is 17.7 Å². The lowest BCUT2D eigenvalue weighted by Crippen LogP contribution is -2.57. The molecule has 1 aliphatic rings. The van der Waals surface area contributed by atoms with E-state index in [-0.39, 0.29) is 30.7 Å². The number of likely N-dealkylation sites (N-methyl/N-ethyl adjacent to an activating group) is 1. The molecule has 0 spiro atoms. The Hall–Kier alpha value is -1.43. The predicted molar refractivity (Wildman–Crippen MR) is 80.2 cm³/mol. The predicted octanol–water partition coefficient (Wildman–Crippen LogP) is 0.795. The largest absolute Gasteiger partial charge is 0.344 e. The van der Waals surface area contributed by atoms with E-state index in [9.17, 15) is 14.4 Å². The molecule has 0 aliphatic carbocycles. The Kier molecular flexibility index (Phi) is 6.33. The molecule has 0 radical (unpaired) electrons. The lowest BCUT2D eigenvalue weighted by Gasteiger charge is -2.34. The van der Waals surface area contributed by atoms with Gasteiger partial charge in [0.2, 0.25) is 11.8 Å². The number of carbonyl (C=O) groups is 3. The van der Waals surface area contributed by atoms with Crippen molar-refractivity contribution in [1.82, 2.24) is 10.2 Å². The van der Waals surface area contributed by atoms with Gasteiger partial charge in [-0.2, -0.15) is 0 Å². The first-order valence-corrected chi connectivity index (χ1v) is 7.73. The first kappa shape index (κ1) is 17.6. The maximum Gasteiger partial charge on any atom is 0.251 e. The minimum atomic E-state index is -0.611. The lowest BCUT2D eigenvalue weighted by atomic mass is 9.78. The average molecular weight is 297 g/mol. The quantitative estimate of drug-likeness (QED) is 0.680.